The monoisotopic (exact) mass is 293 g/mol. The lowest BCUT2D eigenvalue weighted by atomic mass is 9.99. The fourth-order valence-corrected chi connectivity index (χ4v) is 2.22. The molecule has 0 heterocycles. The zero-order valence-corrected chi connectivity index (χ0v) is 13.6. The van der Waals surface area contributed by atoms with Crippen LogP contribution in [0, 0.1) is 13.8 Å². The molecule has 0 bridgehead atoms. The molecule has 0 radical (unpaired) electrons. The molecule has 1 aromatic carbocycles. The van der Waals surface area contributed by atoms with Gasteiger partial charge in [0.2, 0.25) is 0 Å². The lowest BCUT2D eigenvalue weighted by molar-refractivity contribution is -0.143. The summed E-state index contributed by atoms with van der Waals surface area (Å²) in [5.41, 5.74) is 3.80. The molecule has 4 nitrogen and oxygen atoms in total. The highest BCUT2D eigenvalue weighted by molar-refractivity contribution is 5.70. The largest absolute Gasteiger partial charge is 0.466 e. The van der Waals surface area contributed by atoms with Crippen molar-refractivity contribution in [2.24, 2.45) is 0 Å². The molecule has 0 aliphatic carbocycles. The summed E-state index contributed by atoms with van der Waals surface area (Å²) in [6.07, 6.45) is 1.19. The Bertz CT molecular complexity index is 446. The maximum atomic E-state index is 11.7. The van der Waals surface area contributed by atoms with E-state index in [0.717, 1.165) is 13.0 Å². The molecule has 0 aliphatic heterocycles. The zero-order valence-electron chi connectivity index (χ0n) is 13.6. The summed E-state index contributed by atoms with van der Waals surface area (Å²) < 4.78 is 10.1. The maximum Gasteiger partial charge on any atom is 0.307 e. The predicted octanol–water partition coefficient (Wildman–Crippen LogP) is 2.40. The highest BCUT2D eigenvalue weighted by Gasteiger charge is 2.15. The van der Waals surface area contributed by atoms with Gasteiger partial charge in [0.05, 0.1) is 19.6 Å². The normalized spacial score (nSPS) is 12.2. The molecular formula is C17H27NO3. The Morgan fingerprint density at radius 3 is 2.67 bits per heavy atom. The molecule has 0 aromatic heterocycles. The van der Waals surface area contributed by atoms with E-state index < -0.39 is 0 Å². The minimum Gasteiger partial charge on any atom is -0.466 e. The summed E-state index contributed by atoms with van der Waals surface area (Å²) in [7, 11) is 1.67. The highest BCUT2D eigenvalue weighted by Crippen LogP contribution is 2.13. The third-order valence-corrected chi connectivity index (χ3v) is 3.51. The van der Waals surface area contributed by atoms with Crippen LogP contribution in [0.15, 0.2) is 18.2 Å². The Kier molecular flexibility index (Phi) is 8.01. The number of nitrogens with one attached hydrogen (secondary N) is 1. The van der Waals surface area contributed by atoms with Gasteiger partial charge in [0.1, 0.15) is 0 Å². The van der Waals surface area contributed by atoms with Crippen molar-refractivity contribution < 1.29 is 14.3 Å². The Labute approximate surface area is 127 Å². The highest BCUT2D eigenvalue weighted by atomic mass is 16.5. The minimum absolute atomic E-state index is 0.0707. The van der Waals surface area contributed by atoms with E-state index in [2.05, 4.69) is 37.4 Å². The smallest absolute Gasteiger partial charge is 0.307 e. The van der Waals surface area contributed by atoms with Gasteiger partial charge in [-0.05, 0) is 43.9 Å². The van der Waals surface area contributed by atoms with Crippen molar-refractivity contribution in [3.63, 3.8) is 0 Å². The second-order valence-electron chi connectivity index (χ2n) is 5.28. The van der Waals surface area contributed by atoms with Gasteiger partial charge in [-0.1, -0.05) is 18.2 Å². The van der Waals surface area contributed by atoms with Crippen LogP contribution < -0.4 is 5.32 Å². The van der Waals surface area contributed by atoms with E-state index in [1.54, 1.807) is 7.11 Å². The Hall–Kier alpha value is -1.39. The zero-order chi connectivity index (χ0) is 15.7. The Balaban J connectivity index is 2.65. The first-order chi connectivity index (χ1) is 10.1. The van der Waals surface area contributed by atoms with E-state index in [1.165, 1.54) is 16.7 Å². The maximum absolute atomic E-state index is 11.7. The first kappa shape index (κ1) is 17.7. The molecule has 0 amide bonds. The number of aryl methyl sites for hydroxylation is 2. The van der Waals surface area contributed by atoms with Crippen molar-refractivity contribution in [1.82, 2.24) is 5.32 Å². The number of ether oxygens (including phenoxy) is 2. The van der Waals surface area contributed by atoms with E-state index in [1.807, 2.05) is 6.92 Å². The van der Waals surface area contributed by atoms with E-state index in [-0.39, 0.29) is 12.0 Å². The molecule has 1 N–H and O–H groups in total. The molecule has 0 saturated heterocycles. The topological polar surface area (TPSA) is 47.6 Å². The van der Waals surface area contributed by atoms with E-state index in [4.69, 9.17) is 9.47 Å². The van der Waals surface area contributed by atoms with Crippen molar-refractivity contribution in [2.45, 2.75) is 39.7 Å². The van der Waals surface area contributed by atoms with Crippen LogP contribution in [0.5, 0.6) is 0 Å². The van der Waals surface area contributed by atoms with Gasteiger partial charge in [0.25, 0.3) is 0 Å². The van der Waals surface area contributed by atoms with Gasteiger partial charge >= 0.3 is 5.97 Å². The van der Waals surface area contributed by atoms with Crippen molar-refractivity contribution in [3.05, 3.63) is 34.9 Å². The van der Waals surface area contributed by atoms with Gasteiger partial charge in [0.15, 0.2) is 0 Å². The number of rotatable bonds is 9. The van der Waals surface area contributed by atoms with Crippen LogP contribution in [-0.2, 0) is 20.7 Å². The summed E-state index contributed by atoms with van der Waals surface area (Å²) in [5.74, 6) is -0.156. The van der Waals surface area contributed by atoms with Crippen LogP contribution >= 0.6 is 0 Å². The van der Waals surface area contributed by atoms with Gasteiger partial charge in [-0.2, -0.15) is 0 Å². The third kappa shape index (κ3) is 6.74. The number of hydrogen-bond acceptors (Lipinski definition) is 4. The van der Waals surface area contributed by atoms with E-state index >= 15 is 0 Å². The van der Waals surface area contributed by atoms with Crippen LogP contribution in [0.25, 0.3) is 0 Å². The van der Waals surface area contributed by atoms with Crippen molar-refractivity contribution >= 4 is 5.97 Å². The average Bonchev–Trinajstić information content (AvgIpc) is 2.43. The number of carbonyl (C=O) groups is 1. The number of esters is 1. The van der Waals surface area contributed by atoms with Crippen LogP contribution in [0.2, 0.25) is 0 Å². The first-order valence-electron chi connectivity index (χ1n) is 7.50. The summed E-state index contributed by atoms with van der Waals surface area (Å²) in [5, 5.41) is 3.37. The lowest BCUT2D eigenvalue weighted by Crippen LogP contribution is -2.36. The van der Waals surface area contributed by atoms with Gasteiger partial charge in [-0.15, -0.1) is 0 Å². The third-order valence-electron chi connectivity index (χ3n) is 3.51. The molecule has 21 heavy (non-hydrogen) atoms. The molecule has 1 aromatic rings. The standard InChI is InChI=1S/C17H27NO3/c1-5-21-17(19)12-16(18-8-9-20-4)11-15-7-6-13(2)14(3)10-15/h6-7,10,16,18H,5,8-9,11-12H2,1-4H3. The van der Waals surface area contributed by atoms with Crippen molar-refractivity contribution in [3.8, 4) is 0 Å². The van der Waals surface area contributed by atoms with E-state index in [0.29, 0.717) is 19.6 Å². The summed E-state index contributed by atoms with van der Waals surface area (Å²) in [6.45, 7) is 7.82. The van der Waals surface area contributed by atoms with E-state index in [9.17, 15) is 4.79 Å². The lowest BCUT2D eigenvalue weighted by Gasteiger charge is -2.18. The molecule has 0 spiro atoms. The molecule has 0 fully saturated rings. The number of benzene rings is 1. The molecular weight excluding hydrogens is 266 g/mol. The molecule has 0 aliphatic rings. The molecule has 1 unspecified atom stereocenters. The number of carbonyl (C=O) groups excluding carboxylic acids is 1. The van der Waals surface area contributed by atoms with Gasteiger partial charge < -0.3 is 14.8 Å². The van der Waals surface area contributed by atoms with Crippen molar-refractivity contribution in [1.29, 1.82) is 0 Å². The molecule has 4 heteroatoms. The van der Waals surface area contributed by atoms with Gasteiger partial charge in [-0.25, -0.2) is 0 Å². The Morgan fingerprint density at radius 1 is 1.29 bits per heavy atom. The van der Waals surface area contributed by atoms with Crippen LogP contribution in [0.3, 0.4) is 0 Å². The van der Waals surface area contributed by atoms with Gasteiger partial charge in [0, 0.05) is 19.7 Å². The molecule has 1 atom stereocenters. The molecule has 0 saturated carbocycles. The second kappa shape index (κ2) is 9.53. The summed E-state index contributed by atoms with van der Waals surface area (Å²) in [6, 6.07) is 6.51. The quantitative estimate of drug-likeness (QED) is 0.561. The Morgan fingerprint density at radius 2 is 2.05 bits per heavy atom. The fraction of sp³-hybridized carbons (Fsp3) is 0.588. The van der Waals surface area contributed by atoms with Crippen LogP contribution in [-0.4, -0.2) is 38.9 Å². The van der Waals surface area contributed by atoms with Crippen LogP contribution in [0.1, 0.15) is 30.0 Å². The predicted molar refractivity (Wildman–Crippen MR) is 84.5 cm³/mol. The molecule has 118 valence electrons. The second-order valence-corrected chi connectivity index (χ2v) is 5.28. The SMILES string of the molecule is CCOC(=O)CC(Cc1ccc(C)c(C)c1)NCCOC. The minimum atomic E-state index is -0.156. The fourth-order valence-electron chi connectivity index (χ4n) is 2.22. The first-order valence-corrected chi connectivity index (χ1v) is 7.50. The van der Waals surface area contributed by atoms with Crippen molar-refractivity contribution in [2.75, 3.05) is 26.9 Å². The van der Waals surface area contributed by atoms with Gasteiger partial charge in [-0.3, -0.25) is 4.79 Å². The number of methoxy groups -OCH3 is 1. The summed E-state index contributed by atoms with van der Waals surface area (Å²) >= 11 is 0. The average molecular weight is 293 g/mol. The molecule has 1 rings (SSSR count). The van der Waals surface area contributed by atoms with Crippen LogP contribution in [0.4, 0.5) is 0 Å². The summed E-state index contributed by atoms with van der Waals surface area (Å²) in [4.78, 5) is 11.7. The number of hydrogen-bond donors (Lipinski definition) is 1.